The number of aryl methyl sites for hydroxylation is 2. The third-order valence-electron chi connectivity index (χ3n) is 6.58. The lowest BCUT2D eigenvalue weighted by atomic mass is 9.91. The summed E-state index contributed by atoms with van der Waals surface area (Å²) in [5.74, 6) is 1.02. The summed E-state index contributed by atoms with van der Waals surface area (Å²) in [6, 6.07) is 4.67. The smallest absolute Gasteiger partial charge is 0.325 e. The summed E-state index contributed by atoms with van der Waals surface area (Å²) in [6.45, 7) is 2.44. The fourth-order valence-corrected chi connectivity index (χ4v) is 6.10. The van der Waals surface area contributed by atoms with Gasteiger partial charge in [0.25, 0.3) is 11.5 Å². The zero-order chi connectivity index (χ0) is 22.7. The van der Waals surface area contributed by atoms with Crippen LogP contribution in [0.25, 0.3) is 10.2 Å². The van der Waals surface area contributed by atoms with Crippen LogP contribution in [0.2, 0.25) is 0 Å². The molecule has 3 aromatic rings. The summed E-state index contributed by atoms with van der Waals surface area (Å²) < 4.78 is 11.2. The minimum absolute atomic E-state index is 0.113. The molecule has 2 N–H and O–H groups in total. The van der Waals surface area contributed by atoms with Crippen molar-refractivity contribution in [2.75, 3.05) is 13.2 Å². The maximum Gasteiger partial charge on any atom is 0.325 e. The molecule has 0 unspecified atom stereocenters. The fraction of sp³-hybridized carbons (Fsp3) is 0.391. The van der Waals surface area contributed by atoms with Crippen molar-refractivity contribution in [3.05, 3.63) is 50.4 Å². The molecule has 3 amide bonds. The van der Waals surface area contributed by atoms with E-state index in [9.17, 15) is 14.4 Å². The first-order valence-corrected chi connectivity index (χ1v) is 11.8. The summed E-state index contributed by atoms with van der Waals surface area (Å²) in [5, 5.41) is 3.44. The summed E-state index contributed by atoms with van der Waals surface area (Å²) in [5.41, 5.74) is 0.216. The summed E-state index contributed by atoms with van der Waals surface area (Å²) in [4.78, 5) is 49.4. The molecule has 0 bridgehead atoms. The number of H-pyrrole nitrogens is 1. The number of hydrogen-bond acceptors (Lipinski definition) is 7. The van der Waals surface area contributed by atoms with Gasteiger partial charge in [-0.25, -0.2) is 9.78 Å². The first kappa shape index (κ1) is 20.2. The average Bonchev–Trinajstić information content (AvgIpc) is 3.29. The molecule has 1 atom stereocenters. The number of carbonyl (C=O) groups is 2. The molecule has 6 rings (SSSR count). The number of benzene rings is 1. The monoisotopic (exact) mass is 466 g/mol. The molecule has 10 heteroatoms. The topological polar surface area (TPSA) is 114 Å². The van der Waals surface area contributed by atoms with Crippen LogP contribution in [0.15, 0.2) is 23.0 Å². The molecule has 0 saturated carbocycles. The summed E-state index contributed by atoms with van der Waals surface area (Å²) in [6.07, 6.45) is 4.04. The van der Waals surface area contributed by atoms with Gasteiger partial charge in [-0.3, -0.25) is 14.5 Å². The molecular formula is C23H22N4O5S. The minimum atomic E-state index is -1.26. The normalized spacial score (nSPS) is 21.9. The van der Waals surface area contributed by atoms with Crippen molar-refractivity contribution >= 4 is 33.5 Å². The van der Waals surface area contributed by atoms with Crippen LogP contribution in [-0.4, -0.2) is 40.0 Å². The van der Waals surface area contributed by atoms with Crippen molar-refractivity contribution in [3.63, 3.8) is 0 Å². The molecule has 2 aliphatic heterocycles. The number of nitrogens with one attached hydrogen (secondary N) is 2. The van der Waals surface area contributed by atoms with Gasteiger partial charge in [0.1, 0.15) is 29.4 Å². The van der Waals surface area contributed by atoms with Crippen molar-refractivity contribution in [3.8, 4) is 11.5 Å². The standard InChI is InChI=1S/C23H22N4O5S/c1-23(12-6-7-14-15(10-12)32-9-8-31-14)21(29)27(22(30)26-23)11-17-24-19(28)18-13-4-2-3-5-16(13)33-20(18)25-17/h6-7,10H,2-5,8-9,11H2,1H3,(H,26,30)(H,24,25,28)/t23-/m0/s1. The Hall–Kier alpha value is -3.40. The van der Waals surface area contributed by atoms with Gasteiger partial charge in [0.05, 0.1) is 11.9 Å². The van der Waals surface area contributed by atoms with E-state index in [-0.39, 0.29) is 12.1 Å². The first-order chi connectivity index (χ1) is 15.9. The molecular weight excluding hydrogens is 444 g/mol. The quantitative estimate of drug-likeness (QED) is 0.574. The van der Waals surface area contributed by atoms with Crippen LogP contribution in [0.4, 0.5) is 4.79 Å². The minimum Gasteiger partial charge on any atom is -0.486 e. The average molecular weight is 467 g/mol. The molecule has 0 spiro atoms. The molecule has 0 radical (unpaired) electrons. The molecule has 33 heavy (non-hydrogen) atoms. The van der Waals surface area contributed by atoms with E-state index in [0.717, 1.165) is 36.1 Å². The second-order valence-corrected chi connectivity index (χ2v) is 9.79. The Morgan fingerprint density at radius 1 is 1.12 bits per heavy atom. The number of hydrogen-bond donors (Lipinski definition) is 2. The van der Waals surface area contributed by atoms with Gasteiger partial charge in [0.2, 0.25) is 0 Å². The number of fused-ring (bicyclic) bond motifs is 4. The third kappa shape index (κ3) is 3.12. The van der Waals surface area contributed by atoms with Gasteiger partial charge in [0, 0.05) is 4.88 Å². The molecule has 4 heterocycles. The van der Waals surface area contributed by atoms with Crippen molar-refractivity contribution in [2.45, 2.75) is 44.7 Å². The maximum atomic E-state index is 13.4. The zero-order valence-corrected chi connectivity index (χ0v) is 18.8. The molecule has 2 aromatic heterocycles. The van der Waals surface area contributed by atoms with E-state index in [1.165, 1.54) is 16.2 Å². The lowest BCUT2D eigenvalue weighted by molar-refractivity contribution is -0.131. The Balaban J connectivity index is 1.31. The van der Waals surface area contributed by atoms with Crippen molar-refractivity contribution in [1.82, 2.24) is 20.2 Å². The van der Waals surface area contributed by atoms with Crippen LogP contribution in [0.3, 0.4) is 0 Å². The lowest BCUT2D eigenvalue weighted by Gasteiger charge is -2.25. The molecule has 1 aliphatic carbocycles. The van der Waals surface area contributed by atoms with Crippen LogP contribution >= 0.6 is 11.3 Å². The van der Waals surface area contributed by atoms with Crippen molar-refractivity contribution in [2.24, 2.45) is 0 Å². The maximum absolute atomic E-state index is 13.4. The number of nitrogens with zero attached hydrogens (tertiary/aromatic N) is 2. The highest BCUT2D eigenvalue weighted by molar-refractivity contribution is 7.18. The van der Waals surface area contributed by atoms with E-state index < -0.39 is 17.5 Å². The first-order valence-electron chi connectivity index (χ1n) is 11.0. The van der Waals surface area contributed by atoms with Crippen LogP contribution in [0, 0.1) is 0 Å². The van der Waals surface area contributed by atoms with E-state index in [4.69, 9.17) is 9.47 Å². The van der Waals surface area contributed by atoms with Crippen LogP contribution < -0.4 is 20.3 Å². The summed E-state index contributed by atoms with van der Waals surface area (Å²) >= 11 is 1.54. The van der Waals surface area contributed by atoms with Crippen LogP contribution in [-0.2, 0) is 29.7 Å². The second kappa shape index (κ2) is 7.31. The Kier molecular flexibility index (Phi) is 4.48. The summed E-state index contributed by atoms with van der Waals surface area (Å²) in [7, 11) is 0. The van der Waals surface area contributed by atoms with Crippen LogP contribution in [0.1, 0.15) is 41.6 Å². The Morgan fingerprint density at radius 2 is 1.91 bits per heavy atom. The highest BCUT2D eigenvalue weighted by atomic mass is 32.1. The van der Waals surface area contributed by atoms with E-state index in [1.54, 1.807) is 25.1 Å². The number of urea groups is 1. The number of aromatic amines is 1. The predicted octanol–water partition coefficient (Wildman–Crippen LogP) is 2.60. The van der Waals surface area contributed by atoms with E-state index >= 15 is 0 Å². The number of carbonyl (C=O) groups excluding carboxylic acids is 2. The number of imide groups is 1. The Bertz CT molecular complexity index is 1380. The number of rotatable bonds is 3. The van der Waals surface area contributed by atoms with E-state index in [2.05, 4.69) is 15.3 Å². The number of aromatic nitrogens is 2. The van der Waals surface area contributed by atoms with Gasteiger partial charge in [-0.2, -0.15) is 0 Å². The van der Waals surface area contributed by atoms with Gasteiger partial charge in [0.15, 0.2) is 11.5 Å². The van der Waals surface area contributed by atoms with E-state index in [1.807, 2.05) is 0 Å². The van der Waals surface area contributed by atoms with Gasteiger partial charge < -0.3 is 19.8 Å². The number of amides is 3. The second-order valence-electron chi connectivity index (χ2n) is 8.71. The Morgan fingerprint density at radius 3 is 2.76 bits per heavy atom. The van der Waals surface area contributed by atoms with Gasteiger partial charge in [-0.15, -0.1) is 11.3 Å². The van der Waals surface area contributed by atoms with Gasteiger partial charge in [-0.1, -0.05) is 6.07 Å². The third-order valence-corrected chi connectivity index (χ3v) is 7.76. The number of thiophene rings is 1. The largest absolute Gasteiger partial charge is 0.486 e. The number of ether oxygens (including phenoxy) is 2. The molecule has 1 saturated heterocycles. The highest BCUT2D eigenvalue weighted by Gasteiger charge is 2.49. The predicted molar refractivity (Wildman–Crippen MR) is 121 cm³/mol. The molecule has 1 aromatic carbocycles. The fourth-order valence-electron chi connectivity index (χ4n) is 4.82. The van der Waals surface area contributed by atoms with E-state index in [0.29, 0.717) is 46.3 Å². The molecule has 1 fully saturated rings. The van der Waals surface area contributed by atoms with Gasteiger partial charge >= 0.3 is 6.03 Å². The van der Waals surface area contributed by atoms with Crippen LogP contribution in [0.5, 0.6) is 11.5 Å². The van der Waals surface area contributed by atoms with Gasteiger partial charge in [-0.05, 0) is 55.9 Å². The lowest BCUT2D eigenvalue weighted by Crippen LogP contribution is -2.41. The molecule has 3 aliphatic rings. The molecule has 170 valence electrons. The molecule has 9 nitrogen and oxygen atoms in total. The zero-order valence-electron chi connectivity index (χ0n) is 18.0. The SMILES string of the molecule is C[C@@]1(c2ccc3c(c2)OCCO3)NC(=O)N(Cc2nc3sc4c(c3c(=O)[nH]2)CCCC4)C1=O. The van der Waals surface area contributed by atoms with Crippen molar-refractivity contribution in [1.29, 1.82) is 0 Å². The highest BCUT2D eigenvalue weighted by Crippen LogP contribution is 2.37. The van der Waals surface area contributed by atoms with Crippen molar-refractivity contribution < 1.29 is 19.1 Å². The Labute approximate surface area is 192 Å².